The molecule has 2 aromatic rings. The molecule has 2 saturated heterocycles. The van der Waals surface area contributed by atoms with Crippen LogP contribution >= 0.6 is 0 Å². The minimum atomic E-state index is -4.45. The lowest BCUT2D eigenvalue weighted by Crippen LogP contribution is -2.37. The summed E-state index contributed by atoms with van der Waals surface area (Å²) in [5.41, 5.74) is 0.866. The number of halogens is 3. The summed E-state index contributed by atoms with van der Waals surface area (Å²) >= 11 is 0. The van der Waals surface area contributed by atoms with Crippen LogP contribution < -0.4 is 15.4 Å². The maximum absolute atomic E-state index is 13.4. The number of carbonyl (C=O) groups is 3. The summed E-state index contributed by atoms with van der Waals surface area (Å²) in [6.07, 6.45) is -2.35. The summed E-state index contributed by atoms with van der Waals surface area (Å²) in [7, 11) is -3.54. The minimum absolute atomic E-state index is 0.0216. The predicted molar refractivity (Wildman–Crippen MR) is 154 cm³/mol. The third-order valence-electron chi connectivity index (χ3n) is 7.93. The third kappa shape index (κ3) is 8.90. The van der Waals surface area contributed by atoms with E-state index in [0.717, 1.165) is 17.5 Å². The van der Waals surface area contributed by atoms with Crippen molar-refractivity contribution >= 4 is 27.7 Å². The normalized spacial score (nSPS) is 19.9. The molecule has 232 valence electrons. The number of sulfonamides is 1. The number of hydrogen-bond acceptors (Lipinski definition) is 5. The van der Waals surface area contributed by atoms with Gasteiger partial charge in [-0.05, 0) is 66.5 Å². The fourth-order valence-electron chi connectivity index (χ4n) is 5.35. The van der Waals surface area contributed by atoms with Crippen molar-refractivity contribution in [3.05, 3.63) is 82.8 Å². The number of hydrogen-bond donors (Lipinski definition) is 3. The number of piperidine rings is 1. The van der Waals surface area contributed by atoms with Crippen LogP contribution in [0.1, 0.15) is 58.6 Å². The summed E-state index contributed by atoms with van der Waals surface area (Å²) < 4.78 is 64.4. The molecule has 4 rings (SSSR count). The zero-order valence-corrected chi connectivity index (χ0v) is 24.3. The topological polar surface area (TPSA) is 125 Å². The highest BCUT2D eigenvalue weighted by Crippen LogP contribution is 2.30. The molecule has 3 unspecified atom stereocenters. The number of nitrogens with zero attached hydrogens (tertiary/aromatic N) is 1. The van der Waals surface area contributed by atoms with Gasteiger partial charge in [0.15, 0.2) is 0 Å². The van der Waals surface area contributed by atoms with Crippen LogP contribution in [0.5, 0.6) is 0 Å². The molecule has 0 spiro atoms. The van der Waals surface area contributed by atoms with E-state index in [4.69, 9.17) is 0 Å². The second-order valence-electron chi connectivity index (χ2n) is 11.0. The van der Waals surface area contributed by atoms with Crippen LogP contribution in [-0.4, -0.2) is 57.2 Å². The van der Waals surface area contributed by atoms with Crippen molar-refractivity contribution < 1.29 is 36.0 Å². The average molecular weight is 621 g/mol. The molecular weight excluding hydrogens is 585 g/mol. The van der Waals surface area contributed by atoms with Gasteiger partial charge in [0.05, 0.1) is 11.5 Å². The van der Waals surface area contributed by atoms with Gasteiger partial charge < -0.3 is 15.5 Å². The Balaban J connectivity index is 1.42. The average Bonchev–Trinajstić information content (AvgIpc) is 3.47. The predicted octanol–water partition coefficient (Wildman–Crippen LogP) is 3.55. The van der Waals surface area contributed by atoms with E-state index in [1.165, 1.54) is 12.1 Å². The van der Waals surface area contributed by atoms with Gasteiger partial charge >= 0.3 is 6.18 Å². The van der Waals surface area contributed by atoms with Gasteiger partial charge in [-0.15, -0.1) is 0 Å². The summed E-state index contributed by atoms with van der Waals surface area (Å²) in [6.45, 7) is 4.86. The first-order valence-corrected chi connectivity index (χ1v) is 15.6. The van der Waals surface area contributed by atoms with Crippen molar-refractivity contribution in [2.45, 2.75) is 44.3 Å². The molecular formula is C30H35F3N4O5S. The van der Waals surface area contributed by atoms with Gasteiger partial charge in [-0.2, -0.15) is 13.2 Å². The molecule has 2 aliphatic rings. The third-order valence-corrected chi connectivity index (χ3v) is 8.93. The number of benzene rings is 2. The Morgan fingerprint density at radius 2 is 1.77 bits per heavy atom. The molecule has 3 atom stereocenters. The van der Waals surface area contributed by atoms with E-state index in [-0.39, 0.29) is 42.6 Å². The number of likely N-dealkylation sites (tertiary alicyclic amines) is 1. The van der Waals surface area contributed by atoms with Crippen LogP contribution in [0.15, 0.2) is 60.5 Å². The molecule has 43 heavy (non-hydrogen) atoms. The van der Waals surface area contributed by atoms with Crippen LogP contribution in [0.25, 0.3) is 0 Å². The quantitative estimate of drug-likeness (QED) is 0.355. The molecule has 2 aromatic carbocycles. The molecule has 9 nitrogen and oxygen atoms in total. The monoisotopic (exact) mass is 620 g/mol. The second kappa shape index (κ2) is 13.7. The van der Waals surface area contributed by atoms with E-state index in [0.29, 0.717) is 62.0 Å². The zero-order chi connectivity index (χ0) is 31.2. The van der Waals surface area contributed by atoms with Crippen LogP contribution in [0.3, 0.4) is 0 Å². The largest absolute Gasteiger partial charge is 0.416 e. The molecule has 0 saturated carbocycles. The zero-order valence-electron chi connectivity index (χ0n) is 23.5. The Labute approximate surface area is 249 Å². The van der Waals surface area contributed by atoms with Gasteiger partial charge in [0.1, 0.15) is 0 Å². The lowest BCUT2D eigenvalue weighted by molar-refractivity contribution is -0.137. The van der Waals surface area contributed by atoms with Gasteiger partial charge in [0, 0.05) is 50.1 Å². The lowest BCUT2D eigenvalue weighted by atomic mass is 9.84. The molecule has 0 radical (unpaired) electrons. The van der Waals surface area contributed by atoms with Crippen LogP contribution in [0.2, 0.25) is 0 Å². The Morgan fingerprint density at radius 1 is 1.07 bits per heavy atom. The summed E-state index contributed by atoms with van der Waals surface area (Å²) in [5, 5.41) is 6.50. The number of nitrogens with one attached hydrogen (secondary N) is 3. The second-order valence-corrected chi connectivity index (χ2v) is 12.7. The highest BCUT2D eigenvalue weighted by atomic mass is 32.2. The van der Waals surface area contributed by atoms with E-state index in [9.17, 15) is 36.0 Å². The molecule has 2 fully saturated rings. The fourth-order valence-corrected chi connectivity index (χ4v) is 5.94. The lowest BCUT2D eigenvalue weighted by Gasteiger charge is -2.27. The van der Waals surface area contributed by atoms with Gasteiger partial charge in [-0.3, -0.25) is 14.4 Å². The summed E-state index contributed by atoms with van der Waals surface area (Å²) in [4.78, 5) is 39.8. The maximum Gasteiger partial charge on any atom is 0.416 e. The van der Waals surface area contributed by atoms with Gasteiger partial charge in [0.2, 0.25) is 21.8 Å². The van der Waals surface area contributed by atoms with Gasteiger partial charge in [0.25, 0.3) is 5.91 Å². The highest BCUT2D eigenvalue weighted by molar-refractivity contribution is 7.92. The maximum atomic E-state index is 13.4. The Morgan fingerprint density at radius 3 is 2.37 bits per heavy atom. The smallest absolute Gasteiger partial charge is 0.356 e. The molecule has 2 heterocycles. The molecule has 0 aromatic heterocycles. The highest BCUT2D eigenvalue weighted by Gasteiger charge is 2.31. The summed E-state index contributed by atoms with van der Waals surface area (Å²) in [5.74, 6) is -1.11. The Kier molecular flexibility index (Phi) is 10.3. The number of carbonyl (C=O) groups excluding carboxylic acids is 3. The number of rotatable bonds is 11. The van der Waals surface area contributed by atoms with Gasteiger partial charge in [-0.25, -0.2) is 13.1 Å². The van der Waals surface area contributed by atoms with Crippen LogP contribution in [0.4, 0.5) is 13.2 Å². The van der Waals surface area contributed by atoms with Crippen molar-refractivity contribution in [3.8, 4) is 0 Å². The van der Waals surface area contributed by atoms with Crippen molar-refractivity contribution in [2.75, 3.05) is 26.2 Å². The first-order chi connectivity index (χ1) is 20.3. The van der Waals surface area contributed by atoms with Crippen LogP contribution in [0, 0.1) is 11.8 Å². The van der Waals surface area contributed by atoms with Crippen molar-refractivity contribution in [1.29, 1.82) is 0 Å². The van der Waals surface area contributed by atoms with Crippen molar-refractivity contribution in [2.24, 2.45) is 11.8 Å². The standard InChI is InChI=1S/C30H35F3N4O5S/c1-2-43(41,42)36-18-22-13-14-37(19-22)29(40)24-8-6-23(7-9-24)26(15-21-5-12-27(38)34-17-21)28(39)35-16-20-3-10-25(11-4-20)30(31,32)33/h2-4,6-11,21-22,26,36H,1,5,12-19H2,(H,34,38)(H,35,39). The van der Waals surface area contributed by atoms with E-state index in [2.05, 4.69) is 21.9 Å². The Bertz CT molecular complexity index is 1420. The van der Waals surface area contributed by atoms with Crippen molar-refractivity contribution in [3.63, 3.8) is 0 Å². The van der Waals surface area contributed by atoms with E-state index in [1.54, 1.807) is 29.2 Å². The molecule has 3 N–H and O–H groups in total. The molecule has 2 aliphatic heterocycles. The number of alkyl halides is 3. The first-order valence-electron chi connectivity index (χ1n) is 14.1. The molecule has 3 amide bonds. The number of amides is 3. The molecule has 0 bridgehead atoms. The van der Waals surface area contributed by atoms with Crippen molar-refractivity contribution in [1.82, 2.24) is 20.3 Å². The molecule has 0 aliphatic carbocycles. The Hall–Kier alpha value is -3.71. The SMILES string of the molecule is C=CS(=O)(=O)NCC1CCN(C(=O)c2ccc(C(CC3CCC(=O)NC3)C(=O)NCc3ccc(C(F)(F)F)cc3)cc2)C1. The summed E-state index contributed by atoms with van der Waals surface area (Å²) in [6, 6.07) is 11.4. The van der Waals surface area contributed by atoms with E-state index < -0.39 is 27.7 Å². The van der Waals surface area contributed by atoms with E-state index in [1.807, 2.05) is 0 Å². The fraction of sp³-hybridized carbons (Fsp3) is 0.433. The minimum Gasteiger partial charge on any atom is -0.356 e. The van der Waals surface area contributed by atoms with Gasteiger partial charge in [-0.1, -0.05) is 30.8 Å². The molecule has 13 heteroatoms. The van der Waals surface area contributed by atoms with E-state index >= 15 is 0 Å². The van der Waals surface area contributed by atoms with Crippen LogP contribution in [-0.2, 0) is 32.3 Å². The first kappa shape index (κ1) is 32.2.